The average molecular weight is 235 g/mol. The van der Waals surface area contributed by atoms with Crippen LogP contribution in [0.4, 0.5) is 0 Å². The Hall–Kier alpha value is -2.07. The topological polar surface area (TPSA) is 23.8 Å². The van der Waals surface area contributed by atoms with E-state index in [4.69, 9.17) is 5.26 Å². The first kappa shape index (κ1) is 12.4. The van der Waals surface area contributed by atoms with Crippen LogP contribution in [0.3, 0.4) is 0 Å². The Morgan fingerprint density at radius 2 is 1.67 bits per heavy atom. The van der Waals surface area contributed by atoms with Crippen molar-refractivity contribution in [3.05, 3.63) is 58.7 Å². The highest BCUT2D eigenvalue weighted by atomic mass is 14.2. The van der Waals surface area contributed by atoms with Gasteiger partial charge < -0.3 is 0 Å². The van der Waals surface area contributed by atoms with E-state index in [1.807, 2.05) is 6.07 Å². The maximum Gasteiger partial charge on any atom is 0.0669 e. The highest BCUT2D eigenvalue weighted by Crippen LogP contribution is 2.26. The Balaban J connectivity index is 2.45. The van der Waals surface area contributed by atoms with Gasteiger partial charge in [-0.15, -0.1) is 0 Å². The third kappa shape index (κ3) is 2.43. The molecule has 0 aliphatic heterocycles. The van der Waals surface area contributed by atoms with Crippen molar-refractivity contribution in [2.24, 2.45) is 0 Å². The summed E-state index contributed by atoms with van der Waals surface area (Å²) < 4.78 is 0. The summed E-state index contributed by atoms with van der Waals surface area (Å²) in [5.41, 5.74) is 7.44. The molecule has 0 saturated carbocycles. The highest BCUT2D eigenvalue weighted by molar-refractivity contribution is 5.68. The van der Waals surface area contributed by atoms with Crippen LogP contribution in [0.1, 0.15) is 22.3 Å². The van der Waals surface area contributed by atoms with Gasteiger partial charge in [0, 0.05) is 0 Å². The molecule has 1 heteroatoms. The molecular formula is C17H17N. The summed E-state index contributed by atoms with van der Waals surface area (Å²) in [7, 11) is 0. The summed E-state index contributed by atoms with van der Waals surface area (Å²) in [6.07, 6.45) is 0.480. The van der Waals surface area contributed by atoms with Crippen LogP contribution in [0.25, 0.3) is 11.1 Å². The summed E-state index contributed by atoms with van der Waals surface area (Å²) >= 11 is 0. The van der Waals surface area contributed by atoms with Gasteiger partial charge in [0.2, 0.25) is 0 Å². The first-order chi connectivity index (χ1) is 8.61. The van der Waals surface area contributed by atoms with Gasteiger partial charge in [-0.2, -0.15) is 5.26 Å². The van der Waals surface area contributed by atoms with Crippen LogP contribution >= 0.6 is 0 Å². The summed E-state index contributed by atoms with van der Waals surface area (Å²) in [6, 6.07) is 15.0. The van der Waals surface area contributed by atoms with E-state index in [9.17, 15) is 0 Å². The van der Waals surface area contributed by atoms with Crippen LogP contribution in [0, 0.1) is 32.1 Å². The van der Waals surface area contributed by atoms with Crippen LogP contribution in [-0.4, -0.2) is 0 Å². The van der Waals surface area contributed by atoms with E-state index >= 15 is 0 Å². The second-order valence-corrected chi connectivity index (χ2v) is 4.78. The van der Waals surface area contributed by atoms with Crippen LogP contribution in [0.5, 0.6) is 0 Å². The standard InChI is InChI=1S/C17H17N/c1-12-4-6-16(11-13(12)2)17-7-5-15(8-9-18)10-14(17)3/h4-7,10-11H,8H2,1-3H3. The van der Waals surface area contributed by atoms with Crippen molar-refractivity contribution >= 4 is 0 Å². The van der Waals surface area contributed by atoms with E-state index in [2.05, 4.69) is 57.2 Å². The van der Waals surface area contributed by atoms with Crippen molar-refractivity contribution in [2.75, 3.05) is 0 Å². The summed E-state index contributed by atoms with van der Waals surface area (Å²) in [6.45, 7) is 6.37. The van der Waals surface area contributed by atoms with Gasteiger partial charge in [-0.1, -0.05) is 36.4 Å². The number of hydrogen-bond donors (Lipinski definition) is 0. The van der Waals surface area contributed by atoms with Gasteiger partial charge in [0.15, 0.2) is 0 Å². The van der Waals surface area contributed by atoms with Crippen molar-refractivity contribution in [1.82, 2.24) is 0 Å². The Bertz CT molecular complexity index is 618. The molecule has 0 heterocycles. The Morgan fingerprint density at radius 1 is 0.889 bits per heavy atom. The van der Waals surface area contributed by atoms with Gasteiger partial charge in [-0.05, 0) is 54.2 Å². The quantitative estimate of drug-likeness (QED) is 0.759. The zero-order chi connectivity index (χ0) is 13.1. The second kappa shape index (κ2) is 5.06. The van der Waals surface area contributed by atoms with Crippen LogP contribution in [-0.2, 0) is 6.42 Å². The maximum atomic E-state index is 8.71. The number of hydrogen-bond acceptors (Lipinski definition) is 1. The molecule has 2 aromatic rings. The molecule has 0 fully saturated rings. The molecule has 18 heavy (non-hydrogen) atoms. The average Bonchev–Trinajstić information content (AvgIpc) is 2.34. The third-order valence-corrected chi connectivity index (χ3v) is 3.39. The lowest BCUT2D eigenvalue weighted by atomic mass is 9.95. The summed E-state index contributed by atoms with van der Waals surface area (Å²) in [5, 5.41) is 8.71. The third-order valence-electron chi connectivity index (χ3n) is 3.39. The van der Waals surface area contributed by atoms with Crippen molar-refractivity contribution in [1.29, 1.82) is 5.26 Å². The van der Waals surface area contributed by atoms with E-state index in [1.165, 1.54) is 27.8 Å². The minimum atomic E-state index is 0.480. The molecule has 2 rings (SSSR count). The zero-order valence-electron chi connectivity index (χ0n) is 11.1. The molecule has 0 amide bonds. The fourth-order valence-corrected chi connectivity index (χ4v) is 2.16. The Morgan fingerprint density at radius 3 is 2.28 bits per heavy atom. The van der Waals surface area contributed by atoms with Crippen molar-refractivity contribution in [3.8, 4) is 17.2 Å². The molecule has 90 valence electrons. The van der Waals surface area contributed by atoms with E-state index in [-0.39, 0.29) is 0 Å². The van der Waals surface area contributed by atoms with Gasteiger partial charge in [0.05, 0.1) is 12.5 Å². The van der Waals surface area contributed by atoms with Gasteiger partial charge in [0.25, 0.3) is 0 Å². The SMILES string of the molecule is Cc1ccc(-c2ccc(CC#N)cc2C)cc1C. The Labute approximate surface area is 109 Å². The molecule has 0 aliphatic rings. The first-order valence-electron chi connectivity index (χ1n) is 6.16. The first-order valence-corrected chi connectivity index (χ1v) is 6.16. The van der Waals surface area contributed by atoms with Gasteiger partial charge in [0.1, 0.15) is 0 Å². The van der Waals surface area contributed by atoms with E-state index in [1.54, 1.807) is 0 Å². The molecular weight excluding hydrogens is 218 g/mol. The second-order valence-electron chi connectivity index (χ2n) is 4.78. The van der Waals surface area contributed by atoms with Crippen LogP contribution in [0.2, 0.25) is 0 Å². The summed E-state index contributed by atoms with van der Waals surface area (Å²) in [4.78, 5) is 0. The maximum absolute atomic E-state index is 8.71. The molecule has 0 radical (unpaired) electrons. The minimum absolute atomic E-state index is 0.480. The minimum Gasteiger partial charge on any atom is -0.198 e. The molecule has 0 N–H and O–H groups in total. The smallest absolute Gasteiger partial charge is 0.0669 e. The predicted molar refractivity (Wildman–Crippen MR) is 75.4 cm³/mol. The molecule has 0 aliphatic carbocycles. The number of rotatable bonds is 2. The van der Waals surface area contributed by atoms with Gasteiger partial charge >= 0.3 is 0 Å². The lowest BCUT2D eigenvalue weighted by molar-refractivity contribution is 1.24. The van der Waals surface area contributed by atoms with Gasteiger partial charge in [-0.25, -0.2) is 0 Å². The van der Waals surface area contributed by atoms with Crippen LogP contribution < -0.4 is 0 Å². The molecule has 0 atom stereocenters. The highest BCUT2D eigenvalue weighted by Gasteiger charge is 2.04. The summed E-state index contributed by atoms with van der Waals surface area (Å²) in [5.74, 6) is 0. The normalized spacial score (nSPS) is 10.1. The lowest BCUT2D eigenvalue weighted by Gasteiger charge is -2.09. The Kier molecular flexibility index (Phi) is 3.48. The zero-order valence-corrected chi connectivity index (χ0v) is 11.1. The molecule has 0 saturated heterocycles. The van der Waals surface area contributed by atoms with Crippen LogP contribution in [0.15, 0.2) is 36.4 Å². The molecule has 2 aromatic carbocycles. The fourth-order valence-electron chi connectivity index (χ4n) is 2.16. The fraction of sp³-hybridized carbons (Fsp3) is 0.235. The van der Waals surface area contributed by atoms with Crippen molar-refractivity contribution in [3.63, 3.8) is 0 Å². The predicted octanol–water partition coefficient (Wildman–Crippen LogP) is 4.34. The molecule has 1 nitrogen and oxygen atoms in total. The van der Waals surface area contributed by atoms with E-state index < -0.39 is 0 Å². The van der Waals surface area contributed by atoms with Crippen molar-refractivity contribution < 1.29 is 0 Å². The number of nitrogens with zero attached hydrogens (tertiary/aromatic N) is 1. The van der Waals surface area contributed by atoms with Crippen molar-refractivity contribution in [2.45, 2.75) is 27.2 Å². The van der Waals surface area contributed by atoms with E-state index in [0.29, 0.717) is 6.42 Å². The largest absolute Gasteiger partial charge is 0.198 e. The number of nitriles is 1. The lowest BCUT2D eigenvalue weighted by Crippen LogP contribution is -1.89. The van der Waals surface area contributed by atoms with Gasteiger partial charge in [-0.3, -0.25) is 0 Å². The number of aryl methyl sites for hydroxylation is 3. The van der Waals surface area contributed by atoms with E-state index in [0.717, 1.165) is 5.56 Å². The molecule has 0 unspecified atom stereocenters. The molecule has 0 spiro atoms. The molecule has 0 bridgehead atoms. The number of benzene rings is 2. The molecule has 0 aromatic heterocycles. The monoisotopic (exact) mass is 235 g/mol.